The van der Waals surface area contributed by atoms with Crippen molar-refractivity contribution in [3.8, 4) is 0 Å². The largest absolute Gasteiger partial charge is 0.357 e. The Kier molecular flexibility index (Phi) is 10.0. The van der Waals surface area contributed by atoms with Gasteiger partial charge in [0.15, 0.2) is 5.96 Å². The van der Waals surface area contributed by atoms with Crippen LogP contribution in [0, 0.1) is 6.92 Å². The molecule has 7 nitrogen and oxygen atoms in total. The zero-order valence-electron chi connectivity index (χ0n) is 18.2. The normalized spacial score (nSPS) is 15.5. The van der Waals surface area contributed by atoms with Crippen molar-refractivity contribution in [2.75, 3.05) is 25.0 Å². The SMILES string of the molecule is CCNC(=NCC1CC(=O)Nc2ccccc21)NCCCCn1c(C)cccc1=O.I. The molecule has 0 aliphatic carbocycles. The number of halogens is 1. The monoisotopic (exact) mass is 537 g/mol. The predicted octanol–water partition coefficient (Wildman–Crippen LogP) is 3.24. The van der Waals surface area contributed by atoms with E-state index in [4.69, 9.17) is 4.99 Å². The number of amides is 1. The summed E-state index contributed by atoms with van der Waals surface area (Å²) in [7, 11) is 0. The van der Waals surface area contributed by atoms with Gasteiger partial charge in [0, 0.05) is 49.4 Å². The van der Waals surface area contributed by atoms with Gasteiger partial charge >= 0.3 is 0 Å². The fraction of sp³-hybridized carbons (Fsp3) is 0.435. The van der Waals surface area contributed by atoms with E-state index in [2.05, 4.69) is 22.0 Å². The summed E-state index contributed by atoms with van der Waals surface area (Å²) in [5.74, 6) is 0.880. The molecule has 1 aliphatic heterocycles. The van der Waals surface area contributed by atoms with Crippen LogP contribution in [0.5, 0.6) is 0 Å². The maximum atomic E-state index is 12.0. The van der Waals surface area contributed by atoms with Crippen LogP contribution < -0.4 is 21.5 Å². The number of aliphatic imine (C=N–C) groups is 1. The number of rotatable bonds is 8. The molecule has 3 N–H and O–H groups in total. The van der Waals surface area contributed by atoms with Gasteiger partial charge in [-0.2, -0.15) is 0 Å². The van der Waals surface area contributed by atoms with E-state index in [1.54, 1.807) is 12.1 Å². The lowest BCUT2D eigenvalue weighted by Gasteiger charge is -2.24. The number of pyridine rings is 1. The molecule has 1 aromatic heterocycles. The van der Waals surface area contributed by atoms with Crippen LogP contribution in [0.15, 0.2) is 52.3 Å². The van der Waals surface area contributed by atoms with E-state index in [0.717, 1.165) is 55.4 Å². The molecule has 1 amide bonds. The Labute approximate surface area is 200 Å². The van der Waals surface area contributed by atoms with Gasteiger partial charge in [-0.25, -0.2) is 0 Å². The predicted molar refractivity (Wildman–Crippen MR) is 136 cm³/mol. The van der Waals surface area contributed by atoms with Crippen molar-refractivity contribution < 1.29 is 4.79 Å². The number of para-hydroxylation sites is 1. The summed E-state index contributed by atoms with van der Waals surface area (Å²) in [4.78, 5) is 28.6. The molecule has 0 spiro atoms. The Bertz CT molecular complexity index is 957. The molecule has 3 rings (SSSR count). The second kappa shape index (κ2) is 12.5. The molecule has 0 saturated carbocycles. The summed E-state index contributed by atoms with van der Waals surface area (Å²) in [6.07, 6.45) is 2.29. The third-order valence-corrected chi connectivity index (χ3v) is 5.29. The van der Waals surface area contributed by atoms with Crippen molar-refractivity contribution in [1.82, 2.24) is 15.2 Å². The maximum absolute atomic E-state index is 12.0. The summed E-state index contributed by atoms with van der Waals surface area (Å²) >= 11 is 0. The number of unbranched alkanes of at least 4 members (excludes halogenated alkanes) is 1. The first kappa shape index (κ1) is 24.9. The highest BCUT2D eigenvalue weighted by atomic mass is 127. The van der Waals surface area contributed by atoms with E-state index in [9.17, 15) is 9.59 Å². The second-order valence-corrected chi connectivity index (χ2v) is 7.55. The van der Waals surface area contributed by atoms with Crippen molar-refractivity contribution in [3.63, 3.8) is 0 Å². The molecule has 1 atom stereocenters. The van der Waals surface area contributed by atoms with Crippen LogP contribution in [0.1, 0.15) is 43.4 Å². The molecule has 0 radical (unpaired) electrons. The highest BCUT2D eigenvalue weighted by Crippen LogP contribution is 2.31. The Morgan fingerprint density at radius 1 is 1.13 bits per heavy atom. The molecule has 1 unspecified atom stereocenters. The van der Waals surface area contributed by atoms with Gasteiger partial charge in [0.1, 0.15) is 0 Å². The number of nitrogens with zero attached hydrogens (tertiary/aromatic N) is 2. The number of fused-ring (bicyclic) bond motifs is 1. The van der Waals surface area contributed by atoms with Crippen LogP contribution in [-0.2, 0) is 11.3 Å². The first-order chi connectivity index (χ1) is 14.6. The van der Waals surface area contributed by atoms with Crippen LogP contribution in [-0.4, -0.2) is 36.1 Å². The quantitative estimate of drug-likeness (QED) is 0.209. The third kappa shape index (κ3) is 7.09. The van der Waals surface area contributed by atoms with Gasteiger partial charge in [0.2, 0.25) is 5.91 Å². The fourth-order valence-electron chi connectivity index (χ4n) is 3.72. The molecule has 0 fully saturated rings. The number of carbonyl (C=O) groups excluding carboxylic acids is 1. The third-order valence-electron chi connectivity index (χ3n) is 5.29. The van der Waals surface area contributed by atoms with Gasteiger partial charge in [-0.1, -0.05) is 24.3 Å². The van der Waals surface area contributed by atoms with E-state index >= 15 is 0 Å². The lowest BCUT2D eigenvalue weighted by atomic mass is 9.91. The van der Waals surface area contributed by atoms with Crippen molar-refractivity contribution in [1.29, 1.82) is 0 Å². The van der Waals surface area contributed by atoms with Crippen molar-refractivity contribution >= 4 is 41.5 Å². The summed E-state index contributed by atoms with van der Waals surface area (Å²) < 4.78 is 1.81. The fourth-order valence-corrected chi connectivity index (χ4v) is 3.72. The Hall–Kier alpha value is -2.36. The van der Waals surface area contributed by atoms with Gasteiger partial charge < -0.3 is 20.5 Å². The zero-order valence-corrected chi connectivity index (χ0v) is 20.5. The number of benzene rings is 1. The van der Waals surface area contributed by atoms with E-state index < -0.39 is 0 Å². The van der Waals surface area contributed by atoms with E-state index in [1.807, 2.05) is 42.7 Å². The molecule has 8 heteroatoms. The second-order valence-electron chi connectivity index (χ2n) is 7.55. The smallest absolute Gasteiger partial charge is 0.250 e. The van der Waals surface area contributed by atoms with Crippen LogP contribution >= 0.6 is 24.0 Å². The zero-order chi connectivity index (χ0) is 21.3. The van der Waals surface area contributed by atoms with Gasteiger partial charge in [-0.15, -0.1) is 24.0 Å². The average molecular weight is 537 g/mol. The molecule has 0 bridgehead atoms. The Balaban J connectivity index is 0.00000341. The summed E-state index contributed by atoms with van der Waals surface area (Å²) in [5.41, 5.74) is 3.07. The maximum Gasteiger partial charge on any atom is 0.250 e. The first-order valence-corrected chi connectivity index (χ1v) is 10.7. The number of hydrogen-bond donors (Lipinski definition) is 3. The van der Waals surface area contributed by atoms with Crippen LogP contribution in [0.3, 0.4) is 0 Å². The van der Waals surface area contributed by atoms with Gasteiger partial charge in [0.25, 0.3) is 5.56 Å². The van der Waals surface area contributed by atoms with Gasteiger partial charge in [-0.3, -0.25) is 14.6 Å². The van der Waals surface area contributed by atoms with Crippen molar-refractivity contribution in [2.45, 2.75) is 45.6 Å². The number of guanidine groups is 1. The van der Waals surface area contributed by atoms with E-state index in [0.29, 0.717) is 13.0 Å². The molecule has 2 heterocycles. The number of aromatic nitrogens is 1. The Morgan fingerprint density at radius 3 is 2.71 bits per heavy atom. The number of nitrogens with one attached hydrogen (secondary N) is 3. The topological polar surface area (TPSA) is 87.5 Å². The molecular formula is C23H32IN5O2. The average Bonchev–Trinajstić information content (AvgIpc) is 2.73. The minimum absolute atomic E-state index is 0. The lowest BCUT2D eigenvalue weighted by Crippen LogP contribution is -2.38. The Morgan fingerprint density at radius 2 is 1.94 bits per heavy atom. The summed E-state index contributed by atoms with van der Waals surface area (Å²) in [6.45, 7) is 6.80. The molecule has 1 aliphatic rings. The summed E-state index contributed by atoms with van der Waals surface area (Å²) in [6, 6.07) is 13.3. The van der Waals surface area contributed by atoms with Crippen molar-refractivity contribution in [2.24, 2.45) is 4.99 Å². The van der Waals surface area contributed by atoms with Gasteiger partial charge in [-0.05, 0) is 44.4 Å². The highest BCUT2D eigenvalue weighted by molar-refractivity contribution is 14.0. The molecule has 168 valence electrons. The number of carbonyl (C=O) groups is 1. The van der Waals surface area contributed by atoms with Crippen LogP contribution in [0.4, 0.5) is 5.69 Å². The summed E-state index contributed by atoms with van der Waals surface area (Å²) in [5, 5.41) is 9.56. The van der Waals surface area contributed by atoms with Crippen molar-refractivity contribution in [3.05, 3.63) is 64.1 Å². The molecular weight excluding hydrogens is 505 g/mol. The number of hydrogen-bond acceptors (Lipinski definition) is 3. The van der Waals surface area contributed by atoms with E-state index in [-0.39, 0.29) is 41.4 Å². The molecule has 2 aromatic rings. The first-order valence-electron chi connectivity index (χ1n) is 10.7. The molecule has 1 aromatic carbocycles. The van der Waals surface area contributed by atoms with Crippen LogP contribution in [0.2, 0.25) is 0 Å². The minimum Gasteiger partial charge on any atom is -0.357 e. The number of anilines is 1. The standard InChI is InChI=1S/C23H31N5O2.HI/c1-3-24-23(25-13-6-7-14-28-17(2)9-8-12-22(28)30)26-16-18-15-21(29)27-20-11-5-4-10-19(18)20;/h4-5,8-12,18H,3,6-7,13-16H2,1-2H3,(H,27,29)(H2,24,25,26);1H. The minimum atomic E-state index is 0. The highest BCUT2D eigenvalue weighted by Gasteiger charge is 2.24. The van der Waals surface area contributed by atoms with Gasteiger partial charge in [0.05, 0.1) is 6.54 Å². The lowest BCUT2D eigenvalue weighted by molar-refractivity contribution is -0.116. The van der Waals surface area contributed by atoms with Crippen LogP contribution in [0.25, 0.3) is 0 Å². The number of aryl methyl sites for hydroxylation is 1. The molecule has 31 heavy (non-hydrogen) atoms. The molecule has 0 saturated heterocycles. The van der Waals surface area contributed by atoms with E-state index in [1.165, 1.54) is 0 Å².